The number of likely N-dealkylation sites (tertiary alicyclic amines) is 1. The minimum absolute atomic E-state index is 0.0378. The summed E-state index contributed by atoms with van der Waals surface area (Å²) in [5.74, 6) is -3.19. The van der Waals surface area contributed by atoms with Crippen LogP contribution in [0.2, 0.25) is 0 Å². The third kappa shape index (κ3) is 7.91. The Morgan fingerprint density at radius 2 is 1.79 bits per heavy atom. The van der Waals surface area contributed by atoms with E-state index in [0.29, 0.717) is 5.56 Å². The Balaban J connectivity index is 0.000000280. The largest absolute Gasteiger partial charge is 0.481 e. The molecule has 1 fully saturated rings. The van der Waals surface area contributed by atoms with Crippen LogP contribution < -0.4 is 5.73 Å². The van der Waals surface area contributed by atoms with Crippen molar-refractivity contribution in [3.05, 3.63) is 35.9 Å². The molecule has 1 aromatic rings. The Kier molecular flexibility index (Phi) is 8.36. The van der Waals surface area contributed by atoms with E-state index in [1.54, 1.807) is 51.1 Å². The lowest BCUT2D eigenvalue weighted by Gasteiger charge is -2.24. The lowest BCUT2D eigenvalue weighted by Crippen LogP contribution is -2.36. The standard InChI is InChI=1S/C10H10O4.C9H17FN2O2/c11-9(12)6-8(10(13)14)7-4-2-1-3-5-7;1-9(2,3)14-8(13)12-4-6(10)7(11)5-12/h1-5,8H,6H2,(H,11,12)(H,13,14);6-7H,4-5,11H2,1-3H3/t8-;6-,7-/m01/s1. The summed E-state index contributed by atoms with van der Waals surface area (Å²) in [7, 11) is 0. The molecule has 0 aliphatic carbocycles. The maximum atomic E-state index is 13.0. The summed E-state index contributed by atoms with van der Waals surface area (Å²) in [6, 6.07) is 7.77. The van der Waals surface area contributed by atoms with Crippen molar-refractivity contribution in [1.29, 1.82) is 0 Å². The van der Waals surface area contributed by atoms with Gasteiger partial charge in [0.25, 0.3) is 0 Å². The van der Waals surface area contributed by atoms with Crippen LogP contribution in [0.15, 0.2) is 30.3 Å². The number of carbonyl (C=O) groups is 3. The molecular formula is C19H27FN2O6. The minimum Gasteiger partial charge on any atom is -0.481 e. The third-order valence-electron chi connectivity index (χ3n) is 3.82. The number of rotatable bonds is 4. The van der Waals surface area contributed by atoms with E-state index in [9.17, 15) is 18.8 Å². The van der Waals surface area contributed by atoms with Gasteiger partial charge in [-0.25, -0.2) is 9.18 Å². The van der Waals surface area contributed by atoms with E-state index in [4.69, 9.17) is 20.7 Å². The van der Waals surface area contributed by atoms with Gasteiger partial charge in [-0.1, -0.05) is 30.3 Å². The van der Waals surface area contributed by atoms with Crippen LogP contribution in [-0.4, -0.2) is 64.0 Å². The van der Waals surface area contributed by atoms with Gasteiger partial charge >= 0.3 is 18.0 Å². The smallest absolute Gasteiger partial charge is 0.410 e. The first-order valence-corrected chi connectivity index (χ1v) is 8.78. The lowest BCUT2D eigenvalue weighted by molar-refractivity contribution is -0.145. The van der Waals surface area contributed by atoms with E-state index < -0.39 is 41.8 Å². The van der Waals surface area contributed by atoms with E-state index in [-0.39, 0.29) is 19.5 Å². The summed E-state index contributed by atoms with van der Waals surface area (Å²) in [4.78, 5) is 33.9. The topological polar surface area (TPSA) is 130 Å². The Morgan fingerprint density at radius 3 is 2.18 bits per heavy atom. The first-order valence-electron chi connectivity index (χ1n) is 8.78. The second-order valence-corrected chi connectivity index (χ2v) is 7.46. The zero-order valence-electron chi connectivity index (χ0n) is 16.2. The van der Waals surface area contributed by atoms with Crippen molar-refractivity contribution in [2.24, 2.45) is 5.73 Å². The van der Waals surface area contributed by atoms with Crippen molar-refractivity contribution < 1.29 is 33.7 Å². The number of carbonyl (C=O) groups excluding carboxylic acids is 1. The number of nitrogens with zero attached hydrogens (tertiary/aromatic N) is 1. The molecule has 1 aliphatic heterocycles. The zero-order chi connectivity index (χ0) is 21.5. The van der Waals surface area contributed by atoms with Gasteiger partial charge in [-0.15, -0.1) is 0 Å². The Bertz CT molecular complexity index is 667. The van der Waals surface area contributed by atoms with Gasteiger partial charge in [0.05, 0.1) is 24.9 Å². The quantitative estimate of drug-likeness (QED) is 0.709. The number of alkyl halides is 1. The van der Waals surface area contributed by atoms with Gasteiger partial charge in [-0.2, -0.15) is 0 Å². The molecule has 8 nitrogen and oxygen atoms in total. The fourth-order valence-corrected chi connectivity index (χ4v) is 2.47. The van der Waals surface area contributed by atoms with Gasteiger partial charge < -0.3 is 25.6 Å². The fourth-order valence-electron chi connectivity index (χ4n) is 2.47. The van der Waals surface area contributed by atoms with Crippen LogP contribution in [-0.2, 0) is 14.3 Å². The molecule has 0 saturated carbocycles. The number of nitrogens with two attached hydrogens (primary N) is 1. The second-order valence-electron chi connectivity index (χ2n) is 7.46. The maximum absolute atomic E-state index is 13.0. The Hall–Kier alpha value is -2.68. The Morgan fingerprint density at radius 1 is 1.21 bits per heavy atom. The Labute approximate surface area is 163 Å². The molecule has 0 spiro atoms. The third-order valence-corrected chi connectivity index (χ3v) is 3.82. The van der Waals surface area contributed by atoms with Gasteiger partial charge in [0, 0.05) is 6.54 Å². The summed E-state index contributed by atoms with van der Waals surface area (Å²) >= 11 is 0. The minimum atomic E-state index is -1.14. The molecule has 1 aromatic carbocycles. The van der Waals surface area contributed by atoms with Crippen molar-refractivity contribution in [1.82, 2.24) is 4.90 Å². The van der Waals surface area contributed by atoms with Gasteiger partial charge in [-0.3, -0.25) is 9.59 Å². The SMILES string of the molecule is CC(C)(C)OC(=O)N1C[C@@H](N)[C@H](F)C1.O=C(O)C[C@H](C(=O)O)c1ccccc1. The van der Waals surface area contributed by atoms with Crippen LogP contribution in [0.25, 0.3) is 0 Å². The highest BCUT2D eigenvalue weighted by molar-refractivity contribution is 5.82. The van der Waals surface area contributed by atoms with Crippen LogP contribution in [0.5, 0.6) is 0 Å². The number of amides is 1. The molecule has 1 amide bonds. The number of aliphatic carboxylic acids is 2. The number of hydrogen-bond acceptors (Lipinski definition) is 5. The van der Waals surface area contributed by atoms with Crippen LogP contribution in [0, 0.1) is 0 Å². The molecule has 0 bridgehead atoms. The fraction of sp³-hybridized carbons (Fsp3) is 0.526. The van der Waals surface area contributed by atoms with Gasteiger partial charge in [0.1, 0.15) is 11.8 Å². The molecule has 2 rings (SSSR count). The molecule has 3 atom stereocenters. The van der Waals surface area contributed by atoms with E-state index in [0.717, 1.165) is 0 Å². The number of halogens is 1. The first-order chi connectivity index (χ1) is 12.9. The van der Waals surface area contributed by atoms with Crippen molar-refractivity contribution in [2.75, 3.05) is 13.1 Å². The van der Waals surface area contributed by atoms with Gasteiger partial charge in [0.2, 0.25) is 0 Å². The molecular weight excluding hydrogens is 371 g/mol. The highest BCUT2D eigenvalue weighted by Crippen LogP contribution is 2.19. The molecule has 1 heterocycles. The van der Waals surface area contributed by atoms with Crippen LogP contribution in [0.3, 0.4) is 0 Å². The molecule has 28 heavy (non-hydrogen) atoms. The lowest BCUT2D eigenvalue weighted by atomic mass is 9.96. The average molecular weight is 398 g/mol. The maximum Gasteiger partial charge on any atom is 0.410 e. The number of hydrogen-bond donors (Lipinski definition) is 3. The van der Waals surface area contributed by atoms with Crippen molar-refractivity contribution in [2.45, 2.75) is 50.9 Å². The molecule has 1 saturated heterocycles. The summed E-state index contributed by atoms with van der Waals surface area (Å²) in [6.45, 7) is 5.58. The van der Waals surface area contributed by atoms with Gasteiger partial charge in [0.15, 0.2) is 0 Å². The monoisotopic (exact) mass is 398 g/mol. The molecule has 0 radical (unpaired) electrons. The molecule has 4 N–H and O–H groups in total. The summed E-state index contributed by atoms with van der Waals surface area (Å²) in [5.41, 5.74) is 5.42. The number of carboxylic acid groups (broad SMARTS) is 2. The van der Waals surface area contributed by atoms with Crippen molar-refractivity contribution in [3.8, 4) is 0 Å². The number of carboxylic acids is 2. The summed E-state index contributed by atoms with van der Waals surface area (Å²) < 4.78 is 18.1. The average Bonchev–Trinajstić information content (AvgIpc) is 2.91. The summed E-state index contributed by atoms with van der Waals surface area (Å²) in [6.07, 6.45) is -2.02. The van der Waals surface area contributed by atoms with Crippen LogP contribution >= 0.6 is 0 Å². The van der Waals surface area contributed by atoms with Crippen molar-refractivity contribution in [3.63, 3.8) is 0 Å². The van der Waals surface area contributed by atoms with Crippen LogP contribution in [0.1, 0.15) is 38.7 Å². The normalized spacial score (nSPS) is 20.0. The number of ether oxygens (including phenoxy) is 1. The number of benzene rings is 1. The van der Waals surface area contributed by atoms with E-state index >= 15 is 0 Å². The van der Waals surface area contributed by atoms with E-state index in [1.165, 1.54) is 4.90 Å². The molecule has 9 heteroatoms. The van der Waals surface area contributed by atoms with E-state index in [1.807, 2.05) is 0 Å². The molecule has 156 valence electrons. The first kappa shape index (κ1) is 23.4. The highest BCUT2D eigenvalue weighted by Gasteiger charge is 2.35. The second kappa shape index (κ2) is 10.0. The van der Waals surface area contributed by atoms with Crippen molar-refractivity contribution >= 4 is 18.0 Å². The molecule has 0 aromatic heterocycles. The van der Waals surface area contributed by atoms with E-state index in [2.05, 4.69) is 0 Å². The predicted octanol–water partition coefficient (Wildman–Crippen LogP) is 2.23. The highest BCUT2D eigenvalue weighted by atomic mass is 19.1. The molecule has 0 unspecified atom stereocenters. The van der Waals surface area contributed by atoms with Crippen LogP contribution in [0.4, 0.5) is 9.18 Å². The molecule has 1 aliphatic rings. The van der Waals surface area contributed by atoms with Gasteiger partial charge in [-0.05, 0) is 26.3 Å². The zero-order valence-corrected chi connectivity index (χ0v) is 16.2. The predicted molar refractivity (Wildman–Crippen MR) is 99.8 cm³/mol. The summed E-state index contributed by atoms with van der Waals surface area (Å²) in [5, 5.41) is 17.3.